The predicted molar refractivity (Wildman–Crippen MR) is 68.6 cm³/mol. The van der Waals surface area contributed by atoms with E-state index in [2.05, 4.69) is 5.32 Å². The van der Waals surface area contributed by atoms with Gasteiger partial charge in [-0.05, 0) is 43.1 Å². The van der Waals surface area contributed by atoms with Crippen LogP contribution in [0, 0.1) is 23.0 Å². The van der Waals surface area contributed by atoms with Gasteiger partial charge in [-0.15, -0.1) is 0 Å². The highest BCUT2D eigenvalue weighted by molar-refractivity contribution is 5.21. The Morgan fingerprint density at radius 2 is 2.05 bits per heavy atom. The lowest BCUT2D eigenvalue weighted by atomic mass is 10.0. The van der Waals surface area contributed by atoms with E-state index in [0.717, 1.165) is 18.5 Å². The van der Waals surface area contributed by atoms with Gasteiger partial charge in [0.25, 0.3) is 0 Å². The molecule has 2 fully saturated rings. The second-order valence-corrected chi connectivity index (χ2v) is 5.95. The quantitative estimate of drug-likeness (QED) is 0.830. The Labute approximate surface area is 111 Å². The fraction of sp³-hybridized carbons (Fsp3) is 0.600. The van der Waals surface area contributed by atoms with E-state index in [1.807, 2.05) is 0 Å². The van der Waals surface area contributed by atoms with Crippen LogP contribution >= 0.6 is 0 Å². The minimum atomic E-state index is -0.921. The molecule has 0 aromatic heterocycles. The van der Waals surface area contributed by atoms with E-state index in [4.69, 9.17) is 0 Å². The van der Waals surface area contributed by atoms with Crippen molar-refractivity contribution in [3.8, 4) is 0 Å². The maximum Gasteiger partial charge on any atom is 0.131 e. The fourth-order valence-corrected chi connectivity index (χ4v) is 2.93. The lowest BCUT2D eigenvalue weighted by Gasteiger charge is -2.18. The third-order valence-corrected chi connectivity index (χ3v) is 4.47. The zero-order valence-electron chi connectivity index (χ0n) is 10.8. The molecule has 2 N–H and O–H groups in total. The zero-order valence-corrected chi connectivity index (χ0v) is 10.8. The lowest BCUT2D eigenvalue weighted by molar-refractivity contribution is 0.166. The molecule has 104 valence electrons. The summed E-state index contributed by atoms with van der Waals surface area (Å²) in [5.74, 6) is -0.440. The summed E-state index contributed by atoms with van der Waals surface area (Å²) in [7, 11) is 0. The largest absolute Gasteiger partial charge is 0.387 e. The second kappa shape index (κ2) is 4.84. The number of hydrogen-bond donors (Lipinski definition) is 2. The Kier molecular flexibility index (Phi) is 3.31. The molecule has 2 aliphatic rings. The zero-order chi connectivity index (χ0) is 13.5. The van der Waals surface area contributed by atoms with Crippen LogP contribution < -0.4 is 5.32 Å². The van der Waals surface area contributed by atoms with Crippen molar-refractivity contribution < 1.29 is 13.9 Å². The summed E-state index contributed by atoms with van der Waals surface area (Å²) in [5, 5.41) is 13.2. The smallest absolute Gasteiger partial charge is 0.131 e. The highest BCUT2D eigenvalue weighted by atomic mass is 19.1. The van der Waals surface area contributed by atoms with Gasteiger partial charge in [0.05, 0.1) is 6.10 Å². The molecule has 1 atom stereocenters. The Morgan fingerprint density at radius 1 is 1.32 bits per heavy atom. The Bertz CT molecular complexity index is 469. The average Bonchev–Trinajstić information content (AvgIpc) is 3.23. The minimum Gasteiger partial charge on any atom is -0.387 e. The van der Waals surface area contributed by atoms with Crippen molar-refractivity contribution in [1.82, 2.24) is 5.32 Å². The molecule has 0 bridgehead atoms. The van der Waals surface area contributed by atoms with Crippen molar-refractivity contribution in [3.05, 3.63) is 35.4 Å². The molecule has 4 heteroatoms. The Balaban J connectivity index is 1.52. The van der Waals surface area contributed by atoms with E-state index in [1.54, 1.807) is 0 Å². The van der Waals surface area contributed by atoms with Crippen LogP contribution in [0.15, 0.2) is 18.2 Å². The van der Waals surface area contributed by atoms with Crippen LogP contribution in [-0.2, 0) is 0 Å². The van der Waals surface area contributed by atoms with Gasteiger partial charge in [-0.3, -0.25) is 0 Å². The summed E-state index contributed by atoms with van der Waals surface area (Å²) < 4.78 is 26.3. The molecule has 0 aliphatic heterocycles. The SMILES string of the molecule is OC(CNCC1(C2CC2)CC1)c1ccc(F)cc1F. The van der Waals surface area contributed by atoms with Crippen molar-refractivity contribution in [3.63, 3.8) is 0 Å². The normalized spacial score (nSPS) is 22.3. The second-order valence-electron chi connectivity index (χ2n) is 5.95. The molecular weight excluding hydrogens is 248 g/mol. The molecule has 2 nitrogen and oxygen atoms in total. The van der Waals surface area contributed by atoms with Crippen molar-refractivity contribution in [1.29, 1.82) is 0 Å². The van der Waals surface area contributed by atoms with Gasteiger partial charge in [-0.1, -0.05) is 6.07 Å². The van der Waals surface area contributed by atoms with Gasteiger partial charge in [0.15, 0.2) is 0 Å². The maximum absolute atomic E-state index is 13.5. The molecular formula is C15H19F2NO. The van der Waals surface area contributed by atoms with Crippen molar-refractivity contribution in [2.24, 2.45) is 11.3 Å². The third-order valence-electron chi connectivity index (χ3n) is 4.47. The standard InChI is InChI=1S/C15H19F2NO/c16-11-3-4-12(13(17)7-11)14(19)8-18-9-15(5-6-15)10-1-2-10/h3-4,7,10,14,18-19H,1-2,5-6,8-9H2. The number of rotatable bonds is 6. The van der Waals surface area contributed by atoms with E-state index >= 15 is 0 Å². The van der Waals surface area contributed by atoms with Crippen LogP contribution in [0.1, 0.15) is 37.4 Å². The number of aliphatic hydroxyl groups excluding tert-OH is 1. The molecule has 2 saturated carbocycles. The summed E-state index contributed by atoms with van der Waals surface area (Å²) in [5.41, 5.74) is 0.617. The lowest BCUT2D eigenvalue weighted by Crippen LogP contribution is -2.29. The molecule has 0 heterocycles. The van der Waals surface area contributed by atoms with E-state index < -0.39 is 17.7 Å². The molecule has 1 aromatic carbocycles. The van der Waals surface area contributed by atoms with Crippen LogP contribution in [0.4, 0.5) is 8.78 Å². The number of halogens is 2. The average molecular weight is 267 g/mol. The van der Waals surface area contributed by atoms with Gasteiger partial charge in [-0.2, -0.15) is 0 Å². The van der Waals surface area contributed by atoms with Crippen LogP contribution in [0.25, 0.3) is 0 Å². The molecule has 1 unspecified atom stereocenters. The van der Waals surface area contributed by atoms with Crippen molar-refractivity contribution in [2.75, 3.05) is 13.1 Å². The van der Waals surface area contributed by atoms with Gasteiger partial charge < -0.3 is 10.4 Å². The molecule has 0 amide bonds. The summed E-state index contributed by atoms with van der Waals surface area (Å²) in [6.07, 6.45) is 4.28. The minimum absolute atomic E-state index is 0.158. The van der Waals surface area contributed by atoms with Crippen molar-refractivity contribution >= 4 is 0 Å². The first-order valence-electron chi connectivity index (χ1n) is 6.94. The molecule has 1 aromatic rings. The van der Waals surface area contributed by atoms with Crippen LogP contribution in [-0.4, -0.2) is 18.2 Å². The maximum atomic E-state index is 13.5. The van der Waals surface area contributed by atoms with E-state index in [9.17, 15) is 13.9 Å². The number of aliphatic hydroxyl groups is 1. The predicted octanol–water partition coefficient (Wildman–Crippen LogP) is 2.78. The van der Waals surface area contributed by atoms with Gasteiger partial charge in [0, 0.05) is 24.7 Å². The first-order valence-corrected chi connectivity index (χ1v) is 6.94. The van der Waals surface area contributed by atoms with Crippen molar-refractivity contribution in [2.45, 2.75) is 31.8 Å². The molecule has 0 saturated heterocycles. The summed E-state index contributed by atoms with van der Waals surface area (Å²) in [4.78, 5) is 0. The van der Waals surface area contributed by atoms with Crippen LogP contribution in [0.3, 0.4) is 0 Å². The third kappa shape index (κ3) is 2.79. The highest BCUT2D eigenvalue weighted by Crippen LogP contribution is 2.60. The fourth-order valence-electron chi connectivity index (χ4n) is 2.93. The van der Waals surface area contributed by atoms with E-state index in [1.165, 1.54) is 37.8 Å². The monoisotopic (exact) mass is 267 g/mol. The number of hydrogen-bond acceptors (Lipinski definition) is 2. The number of nitrogens with one attached hydrogen (secondary N) is 1. The Hall–Kier alpha value is -1.00. The van der Waals surface area contributed by atoms with Crippen LogP contribution in [0.5, 0.6) is 0 Å². The highest BCUT2D eigenvalue weighted by Gasteiger charge is 2.53. The summed E-state index contributed by atoms with van der Waals surface area (Å²) >= 11 is 0. The van der Waals surface area contributed by atoms with Gasteiger partial charge in [0.1, 0.15) is 11.6 Å². The molecule has 3 rings (SSSR count). The molecule has 19 heavy (non-hydrogen) atoms. The van der Waals surface area contributed by atoms with Gasteiger partial charge in [-0.25, -0.2) is 8.78 Å². The van der Waals surface area contributed by atoms with Gasteiger partial charge in [0.2, 0.25) is 0 Å². The topological polar surface area (TPSA) is 32.3 Å². The van der Waals surface area contributed by atoms with Crippen LogP contribution in [0.2, 0.25) is 0 Å². The van der Waals surface area contributed by atoms with E-state index in [0.29, 0.717) is 12.0 Å². The Morgan fingerprint density at radius 3 is 2.63 bits per heavy atom. The number of benzene rings is 1. The first-order chi connectivity index (χ1) is 9.11. The first kappa shape index (κ1) is 13.0. The molecule has 0 spiro atoms. The van der Waals surface area contributed by atoms with E-state index in [-0.39, 0.29) is 5.56 Å². The van der Waals surface area contributed by atoms with Gasteiger partial charge >= 0.3 is 0 Å². The summed E-state index contributed by atoms with van der Waals surface area (Å²) in [6, 6.07) is 3.30. The molecule has 2 aliphatic carbocycles. The molecule has 0 radical (unpaired) electrons. The summed E-state index contributed by atoms with van der Waals surface area (Å²) in [6.45, 7) is 1.22.